The average molecular weight is 221 g/mol. The Kier molecular flexibility index (Phi) is 4.19. The Morgan fingerprint density at radius 1 is 1.31 bits per heavy atom. The van der Waals surface area contributed by atoms with Gasteiger partial charge in [0.15, 0.2) is 0 Å². The first-order valence-corrected chi connectivity index (χ1v) is 5.88. The Morgan fingerprint density at radius 3 is 2.81 bits per heavy atom. The number of nitrogen functional groups attached to an aromatic ring is 1. The molecule has 1 unspecified atom stereocenters. The molecule has 3 nitrogen and oxygen atoms in total. The third-order valence-corrected chi connectivity index (χ3v) is 2.84. The minimum absolute atomic E-state index is 0.325. The predicted molar refractivity (Wildman–Crippen MR) is 64.4 cm³/mol. The van der Waals surface area contributed by atoms with Gasteiger partial charge in [-0.3, -0.25) is 0 Å². The number of benzene rings is 1. The van der Waals surface area contributed by atoms with E-state index in [0.29, 0.717) is 6.10 Å². The molecular formula is C13H19NO2. The molecule has 0 spiro atoms. The summed E-state index contributed by atoms with van der Waals surface area (Å²) >= 11 is 0. The van der Waals surface area contributed by atoms with E-state index in [1.165, 1.54) is 12.0 Å². The largest absolute Gasteiger partial charge is 0.399 e. The van der Waals surface area contributed by atoms with Crippen LogP contribution in [0.1, 0.15) is 18.4 Å². The molecule has 1 heterocycles. The molecule has 1 aromatic carbocycles. The van der Waals surface area contributed by atoms with E-state index in [1.807, 2.05) is 24.3 Å². The smallest absolute Gasteiger partial charge is 0.0809 e. The van der Waals surface area contributed by atoms with Crippen molar-refractivity contribution >= 4 is 5.69 Å². The molecule has 1 atom stereocenters. The first-order valence-electron chi connectivity index (χ1n) is 5.88. The maximum absolute atomic E-state index is 5.62. The van der Waals surface area contributed by atoms with E-state index in [-0.39, 0.29) is 0 Å². The normalized spacial score (nSPS) is 20.1. The fraction of sp³-hybridized carbons (Fsp3) is 0.538. The van der Waals surface area contributed by atoms with Crippen molar-refractivity contribution in [2.24, 2.45) is 0 Å². The van der Waals surface area contributed by atoms with Crippen molar-refractivity contribution < 1.29 is 9.47 Å². The van der Waals surface area contributed by atoms with E-state index < -0.39 is 0 Å². The molecule has 1 aromatic rings. The van der Waals surface area contributed by atoms with Crippen LogP contribution in [-0.2, 0) is 15.9 Å². The summed E-state index contributed by atoms with van der Waals surface area (Å²) in [5.74, 6) is 0. The van der Waals surface area contributed by atoms with E-state index >= 15 is 0 Å². The van der Waals surface area contributed by atoms with Crippen molar-refractivity contribution in [1.29, 1.82) is 0 Å². The van der Waals surface area contributed by atoms with Crippen molar-refractivity contribution in [2.45, 2.75) is 25.4 Å². The van der Waals surface area contributed by atoms with Crippen LogP contribution >= 0.6 is 0 Å². The van der Waals surface area contributed by atoms with Crippen molar-refractivity contribution in [3.8, 4) is 0 Å². The first kappa shape index (κ1) is 11.4. The van der Waals surface area contributed by atoms with Crippen LogP contribution in [0.2, 0.25) is 0 Å². The summed E-state index contributed by atoms with van der Waals surface area (Å²) < 4.78 is 11.1. The van der Waals surface area contributed by atoms with Gasteiger partial charge in [0.05, 0.1) is 19.3 Å². The molecular weight excluding hydrogens is 202 g/mol. The average Bonchev–Trinajstić information content (AvgIpc) is 2.80. The van der Waals surface area contributed by atoms with Gasteiger partial charge >= 0.3 is 0 Å². The second-order valence-corrected chi connectivity index (χ2v) is 4.20. The highest BCUT2D eigenvalue weighted by Crippen LogP contribution is 2.12. The highest BCUT2D eigenvalue weighted by atomic mass is 16.5. The zero-order valence-corrected chi connectivity index (χ0v) is 9.52. The Morgan fingerprint density at radius 2 is 2.12 bits per heavy atom. The highest BCUT2D eigenvalue weighted by Gasteiger charge is 2.14. The Hall–Kier alpha value is -1.06. The zero-order valence-electron chi connectivity index (χ0n) is 9.52. The molecule has 1 saturated heterocycles. The first-order chi connectivity index (χ1) is 7.84. The van der Waals surface area contributed by atoms with E-state index in [2.05, 4.69) is 0 Å². The zero-order chi connectivity index (χ0) is 11.2. The standard InChI is InChI=1S/C13H19NO2/c14-12-5-3-11(4-6-12)7-9-15-10-13-2-1-8-16-13/h3-6,13H,1-2,7-10,14H2. The summed E-state index contributed by atoms with van der Waals surface area (Å²) in [5, 5.41) is 0. The Labute approximate surface area is 96.5 Å². The molecule has 3 heteroatoms. The molecule has 0 bridgehead atoms. The minimum atomic E-state index is 0.325. The molecule has 1 aliphatic heterocycles. The van der Waals surface area contributed by atoms with Gasteiger partial charge in [-0.05, 0) is 37.0 Å². The van der Waals surface area contributed by atoms with Crippen LogP contribution in [0.25, 0.3) is 0 Å². The highest BCUT2D eigenvalue weighted by molar-refractivity contribution is 5.39. The van der Waals surface area contributed by atoms with Crippen LogP contribution in [0.5, 0.6) is 0 Å². The molecule has 1 fully saturated rings. The maximum Gasteiger partial charge on any atom is 0.0809 e. The maximum atomic E-state index is 5.62. The van der Waals surface area contributed by atoms with Crippen molar-refractivity contribution in [3.63, 3.8) is 0 Å². The van der Waals surface area contributed by atoms with Crippen LogP contribution in [0.3, 0.4) is 0 Å². The predicted octanol–water partition coefficient (Wildman–Crippen LogP) is 2.01. The van der Waals surface area contributed by atoms with E-state index in [0.717, 1.165) is 38.3 Å². The Balaban J connectivity index is 1.62. The third kappa shape index (κ3) is 3.51. The number of hydrogen-bond acceptors (Lipinski definition) is 3. The van der Waals surface area contributed by atoms with Gasteiger partial charge in [-0.2, -0.15) is 0 Å². The van der Waals surface area contributed by atoms with Crippen LogP contribution in [0.15, 0.2) is 24.3 Å². The fourth-order valence-corrected chi connectivity index (χ4v) is 1.86. The number of hydrogen-bond donors (Lipinski definition) is 1. The Bertz CT molecular complexity index is 304. The van der Waals surface area contributed by atoms with E-state index in [4.69, 9.17) is 15.2 Å². The molecule has 2 N–H and O–H groups in total. The number of ether oxygens (including phenoxy) is 2. The van der Waals surface area contributed by atoms with Gasteiger partial charge in [0.25, 0.3) is 0 Å². The van der Waals surface area contributed by atoms with Crippen LogP contribution in [0.4, 0.5) is 5.69 Å². The molecule has 88 valence electrons. The molecule has 1 aliphatic rings. The lowest BCUT2D eigenvalue weighted by molar-refractivity contribution is 0.0183. The molecule has 0 radical (unpaired) electrons. The monoisotopic (exact) mass is 221 g/mol. The second-order valence-electron chi connectivity index (χ2n) is 4.20. The van der Waals surface area contributed by atoms with Crippen molar-refractivity contribution in [1.82, 2.24) is 0 Å². The van der Waals surface area contributed by atoms with Gasteiger partial charge in [0.2, 0.25) is 0 Å². The SMILES string of the molecule is Nc1ccc(CCOCC2CCCO2)cc1. The van der Waals surface area contributed by atoms with Gasteiger partial charge in [-0.1, -0.05) is 12.1 Å². The quantitative estimate of drug-likeness (QED) is 0.611. The summed E-state index contributed by atoms with van der Waals surface area (Å²) in [6, 6.07) is 7.94. The van der Waals surface area contributed by atoms with Gasteiger partial charge < -0.3 is 15.2 Å². The molecule has 2 rings (SSSR count). The van der Waals surface area contributed by atoms with Gasteiger partial charge in [0, 0.05) is 12.3 Å². The summed E-state index contributed by atoms with van der Waals surface area (Å²) in [6.45, 7) is 2.38. The lowest BCUT2D eigenvalue weighted by Gasteiger charge is -2.09. The lowest BCUT2D eigenvalue weighted by Crippen LogP contribution is -2.15. The van der Waals surface area contributed by atoms with Crippen LogP contribution in [0, 0.1) is 0 Å². The molecule has 0 aromatic heterocycles. The summed E-state index contributed by atoms with van der Waals surface area (Å²) in [4.78, 5) is 0. The molecule has 0 saturated carbocycles. The van der Waals surface area contributed by atoms with Crippen molar-refractivity contribution in [3.05, 3.63) is 29.8 Å². The van der Waals surface area contributed by atoms with E-state index in [9.17, 15) is 0 Å². The molecule has 0 aliphatic carbocycles. The number of rotatable bonds is 5. The fourth-order valence-electron chi connectivity index (χ4n) is 1.86. The van der Waals surface area contributed by atoms with Gasteiger partial charge in [-0.25, -0.2) is 0 Å². The summed E-state index contributed by atoms with van der Waals surface area (Å²) in [6.07, 6.45) is 3.58. The summed E-state index contributed by atoms with van der Waals surface area (Å²) in [7, 11) is 0. The van der Waals surface area contributed by atoms with E-state index in [1.54, 1.807) is 0 Å². The van der Waals surface area contributed by atoms with Gasteiger partial charge in [-0.15, -0.1) is 0 Å². The van der Waals surface area contributed by atoms with Crippen LogP contribution in [-0.4, -0.2) is 25.9 Å². The summed E-state index contributed by atoms with van der Waals surface area (Å²) in [5.41, 5.74) is 7.69. The molecule has 16 heavy (non-hydrogen) atoms. The van der Waals surface area contributed by atoms with Gasteiger partial charge in [0.1, 0.15) is 0 Å². The second kappa shape index (κ2) is 5.87. The van der Waals surface area contributed by atoms with Crippen LogP contribution < -0.4 is 5.73 Å². The molecule has 0 amide bonds. The van der Waals surface area contributed by atoms with Crippen molar-refractivity contribution in [2.75, 3.05) is 25.6 Å². The lowest BCUT2D eigenvalue weighted by atomic mass is 10.1. The minimum Gasteiger partial charge on any atom is -0.399 e. The topological polar surface area (TPSA) is 44.5 Å². The number of anilines is 1. The number of nitrogens with two attached hydrogens (primary N) is 1. The third-order valence-electron chi connectivity index (χ3n) is 2.84.